The summed E-state index contributed by atoms with van der Waals surface area (Å²) in [6.07, 6.45) is 4.35. The number of hydrogen-bond acceptors (Lipinski definition) is 6. The molecule has 1 fully saturated rings. The van der Waals surface area contributed by atoms with Crippen LogP contribution in [0.15, 0.2) is 18.2 Å². The first-order chi connectivity index (χ1) is 13.8. The second-order valence-corrected chi connectivity index (χ2v) is 10.1. The summed E-state index contributed by atoms with van der Waals surface area (Å²) in [5.41, 5.74) is 2.58. The molecule has 3 rings (SSSR count). The van der Waals surface area contributed by atoms with Gasteiger partial charge in [0.2, 0.25) is 0 Å². The van der Waals surface area contributed by atoms with Gasteiger partial charge in [-0.2, -0.15) is 0 Å². The lowest BCUT2D eigenvalue weighted by Crippen LogP contribution is -2.48. The van der Waals surface area contributed by atoms with E-state index in [2.05, 4.69) is 0 Å². The summed E-state index contributed by atoms with van der Waals surface area (Å²) in [4.78, 5) is 26.3. The number of fused-ring (bicyclic) bond motifs is 1. The van der Waals surface area contributed by atoms with E-state index >= 15 is 0 Å². The maximum Gasteiger partial charge on any atom is 0.344 e. The number of hydrogen-bond donors (Lipinski definition) is 0. The molecule has 1 aliphatic carbocycles. The summed E-state index contributed by atoms with van der Waals surface area (Å²) in [5.74, 6) is -0.314. The number of benzene rings is 1. The van der Waals surface area contributed by atoms with E-state index < -0.39 is 22.4 Å². The molecule has 2 aliphatic rings. The smallest absolute Gasteiger partial charge is 0.344 e. The molecule has 0 N–H and O–H groups in total. The zero-order chi connectivity index (χ0) is 21.0. The van der Waals surface area contributed by atoms with Crippen molar-refractivity contribution in [1.82, 2.24) is 4.90 Å². The van der Waals surface area contributed by atoms with Crippen LogP contribution in [0.2, 0.25) is 0 Å². The summed E-state index contributed by atoms with van der Waals surface area (Å²) >= 11 is 0. The van der Waals surface area contributed by atoms with Crippen LogP contribution >= 0.6 is 0 Å². The van der Waals surface area contributed by atoms with E-state index in [1.807, 2.05) is 32.0 Å². The standard InChI is InChI=1S/C21H29NO6S/c1-3-15(2)22(18-9-10-29(25,26)14-18)20(23)12-28-21(24)13-27-19-8-7-16-5-4-6-17(16)11-19/h7-8,11,15,18H,3-6,9-10,12-14H2,1-2H3. The molecule has 29 heavy (non-hydrogen) atoms. The van der Waals surface area contributed by atoms with E-state index in [0.717, 1.165) is 19.3 Å². The molecule has 0 aromatic heterocycles. The molecule has 1 aromatic rings. The van der Waals surface area contributed by atoms with E-state index in [-0.39, 0.29) is 36.1 Å². The summed E-state index contributed by atoms with van der Waals surface area (Å²) in [6.45, 7) is 3.13. The number of ether oxygens (including phenoxy) is 2. The molecular formula is C21H29NO6S. The lowest BCUT2D eigenvalue weighted by Gasteiger charge is -2.33. The summed E-state index contributed by atoms with van der Waals surface area (Å²) in [5, 5.41) is 0. The van der Waals surface area contributed by atoms with Gasteiger partial charge in [-0.3, -0.25) is 4.79 Å². The SMILES string of the molecule is CCC(C)N(C(=O)COC(=O)COc1ccc2c(c1)CCC2)C1CCS(=O)(=O)C1. The van der Waals surface area contributed by atoms with Gasteiger partial charge in [0.25, 0.3) is 5.91 Å². The van der Waals surface area contributed by atoms with E-state index in [1.54, 1.807) is 4.90 Å². The number of nitrogens with zero attached hydrogens (tertiary/aromatic N) is 1. The Labute approximate surface area is 172 Å². The summed E-state index contributed by atoms with van der Waals surface area (Å²) < 4.78 is 34.2. The number of carbonyl (C=O) groups is 2. The van der Waals surface area contributed by atoms with Crippen molar-refractivity contribution >= 4 is 21.7 Å². The number of sulfone groups is 1. The van der Waals surface area contributed by atoms with Gasteiger partial charge >= 0.3 is 5.97 Å². The van der Waals surface area contributed by atoms with E-state index in [0.29, 0.717) is 18.6 Å². The zero-order valence-corrected chi connectivity index (χ0v) is 17.9. The number of rotatable bonds is 8. The van der Waals surface area contributed by atoms with Crippen molar-refractivity contribution in [1.29, 1.82) is 0 Å². The number of amides is 1. The minimum absolute atomic E-state index is 0.0293. The Morgan fingerprint density at radius 1 is 1.21 bits per heavy atom. The van der Waals surface area contributed by atoms with Crippen molar-refractivity contribution < 1.29 is 27.5 Å². The van der Waals surface area contributed by atoms with Crippen molar-refractivity contribution in [2.75, 3.05) is 24.7 Å². The van der Waals surface area contributed by atoms with Gasteiger partial charge in [0, 0.05) is 12.1 Å². The molecule has 160 valence electrons. The third-order valence-electron chi connectivity index (χ3n) is 5.74. The highest BCUT2D eigenvalue weighted by Crippen LogP contribution is 2.26. The zero-order valence-electron chi connectivity index (χ0n) is 17.1. The topological polar surface area (TPSA) is 90.0 Å². The molecule has 1 amide bonds. The lowest BCUT2D eigenvalue weighted by molar-refractivity contribution is -0.155. The van der Waals surface area contributed by atoms with Crippen LogP contribution < -0.4 is 4.74 Å². The van der Waals surface area contributed by atoms with Crippen molar-refractivity contribution in [3.8, 4) is 5.75 Å². The van der Waals surface area contributed by atoms with Crippen LogP contribution in [0.4, 0.5) is 0 Å². The second-order valence-electron chi connectivity index (χ2n) is 7.85. The predicted molar refractivity (Wildman–Crippen MR) is 109 cm³/mol. The Morgan fingerprint density at radius 3 is 2.66 bits per heavy atom. The largest absolute Gasteiger partial charge is 0.482 e. The van der Waals surface area contributed by atoms with Crippen LogP contribution in [-0.4, -0.2) is 62.0 Å². The first-order valence-electron chi connectivity index (χ1n) is 10.2. The molecule has 7 nitrogen and oxygen atoms in total. The molecule has 1 aliphatic heterocycles. The van der Waals surface area contributed by atoms with Gasteiger partial charge in [0.1, 0.15) is 5.75 Å². The van der Waals surface area contributed by atoms with Crippen LogP contribution in [0.1, 0.15) is 44.2 Å². The highest BCUT2D eigenvalue weighted by atomic mass is 32.2. The van der Waals surface area contributed by atoms with Gasteiger partial charge < -0.3 is 14.4 Å². The van der Waals surface area contributed by atoms with Crippen molar-refractivity contribution in [2.24, 2.45) is 0 Å². The fourth-order valence-electron chi connectivity index (χ4n) is 4.04. The first-order valence-corrected chi connectivity index (χ1v) is 12.0. The molecule has 8 heteroatoms. The number of esters is 1. The van der Waals surface area contributed by atoms with Crippen LogP contribution in [-0.2, 0) is 37.0 Å². The summed E-state index contributed by atoms with van der Waals surface area (Å²) in [6, 6.07) is 5.33. The Hall–Kier alpha value is -2.09. The average Bonchev–Trinajstić information content (AvgIpc) is 3.30. The highest BCUT2D eigenvalue weighted by molar-refractivity contribution is 7.91. The molecule has 1 saturated heterocycles. The lowest BCUT2D eigenvalue weighted by atomic mass is 10.1. The predicted octanol–water partition coefficient (Wildman–Crippen LogP) is 1.91. The van der Waals surface area contributed by atoms with Crippen LogP contribution in [0, 0.1) is 0 Å². The van der Waals surface area contributed by atoms with Gasteiger partial charge in [-0.25, -0.2) is 13.2 Å². The maximum absolute atomic E-state index is 12.7. The monoisotopic (exact) mass is 423 g/mol. The molecule has 0 radical (unpaired) electrons. The van der Waals surface area contributed by atoms with Crippen molar-refractivity contribution in [3.05, 3.63) is 29.3 Å². The van der Waals surface area contributed by atoms with Crippen molar-refractivity contribution in [2.45, 2.75) is 58.0 Å². The third-order valence-corrected chi connectivity index (χ3v) is 7.49. The van der Waals surface area contributed by atoms with Crippen LogP contribution in [0.25, 0.3) is 0 Å². The number of aryl methyl sites for hydroxylation is 2. The maximum atomic E-state index is 12.7. The minimum Gasteiger partial charge on any atom is -0.482 e. The quantitative estimate of drug-likeness (QED) is 0.594. The van der Waals surface area contributed by atoms with Gasteiger partial charge in [-0.1, -0.05) is 13.0 Å². The fraction of sp³-hybridized carbons (Fsp3) is 0.619. The average molecular weight is 424 g/mol. The highest BCUT2D eigenvalue weighted by Gasteiger charge is 2.36. The summed E-state index contributed by atoms with van der Waals surface area (Å²) in [7, 11) is -3.11. The molecule has 0 spiro atoms. The molecule has 2 unspecified atom stereocenters. The van der Waals surface area contributed by atoms with Gasteiger partial charge in [0.05, 0.1) is 11.5 Å². The Morgan fingerprint density at radius 2 is 1.97 bits per heavy atom. The van der Waals surface area contributed by atoms with Gasteiger partial charge in [-0.05, 0) is 62.3 Å². The van der Waals surface area contributed by atoms with E-state index in [9.17, 15) is 18.0 Å². The number of carbonyl (C=O) groups excluding carboxylic acids is 2. The van der Waals surface area contributed by atoms with Crippen molar-refractivity contribution in [3.63, 3.8) is 0 Å². The van der Waals surface area contributed by atoms with Crippen LogP contribution in [0.5, 0.6) is 5.75 Å². The molecule has 0 bridgehead atoms. The third kappa shape index (κ3) is 5.50. The van der Waals surface area contributed by atoms with Gasteiger partial charge in [-0.15, -0.1) is 0 Å². The fourth-order valence-corrected chi connectivity index (χ4v) is 5.75. The normalized spacial score (nSPS) is 20.7. The second kappa shape index (κ2) is 9.15. The Kier molecular flexibility index (Phi) is 6.82. The van der Waals surface area contributed by atoms with E-state index in [1.165, 1.54) is 11.1 Å². The molecular weight excluding hydrogens is 394 g/mol. The van der Waals surface area contributed by atoms with Gasteiger partial charge in [0.15, 0.2) is 23.1 Å². The minimum atomic E-state index is -3.11. The molecule has 1 aromatic carbocycles. The molecule has 2 atom stereocenters. The Bertz CT molecular complexity index is 866. The van der Waals surface area contributed by atoms with Crippen LogP contribution in [0.3, 0.4) is 0 Å². The molecule has 0 saturated carbocycles. The Balaban J connectivity index is 1.50. The first kappa shape index (κ1) is 21.6. The van der Waals surface area contributed by atoms with E-state index in [4.69, 9.17) is 9.47 Å². The molecule has 1 heterocycles.